The molecule has 0 N–H and O–H groups in total. The molecule has 2 aliphatic carbocycles. The number of furan rings is 1. The minimum Gasteiger partial charge on any atom is -0.458 e. The van der Waals surface area contributed by atoms with Crippen LogP contribution in [0.2, 0.25) is 0 Å². The normalized spacial score (nSPS) is 34.5. The van der Waals surface area contributed by atoms with Crippen LogP contribution in [0.5, 0.6) is 0 Å². The highest BCUT2D eigenvalue weighted by atomic mass is 16.3. The molecule has 102 valence electrons. The molecule has 2 bridgehead atoms. The minimum absolute atomic E-state index is 0.216. The Morgan fingerprint density at radius 2 is 2.05 bits per heavy atom. The van der Waals surface area contributed by atoms with Gasteiger partial charge in [-0.05, 0) is 44.2 Å². The Hall–Kier alpha value is -1.38. The number of hydrogen-bond donors (Lipinski definition) is 0. The minimum atomic E-state index is 0.216. The van der Waals surface area contributed by atoms with Crippen LogP contribution < -0.4 is 0 Å². The van der Waals surface area contributed by atoms with Gasteiger partial charge in [0.2, 0.25) is 5.71 Å². The van der Waals surface area contributed by atoms with Gasteiger partial charge in [0, 0.05) is 12.8 Å². The fourth-order valence-electron chi connectivity index (χ4n) is 4.27. The SMILES string of the molecule is CC(=O)C1C2CCC(C2)C1[N+](C)=C(C)c1ccco1. The van der Waals surface area contributed by atoms with Crippen molar-refractivity contribution >= 4 is 11.5 Å². The van der Waals surface area contributed by atoms with Crippen LogP contribution in [0.1, 0.15) is 38.9 Å². The second kappa shape index (κ2) is 4.62. The van der Waals surface area contributed by atoms with Crippen molar-refractivity contribution in [1.82, 2.24) is 0 Å². The fraction of sp³-hybridized carbons (Fsp3) is 0.625. The summed E-state index contributed by atoms with van der Waals surface area (Å²) < 4.78 is 7.77. The van der Waals surface area contributed by atoms with Gasteiger partial charge in [0.15, 0.2) is 11.8 Å². The molecule has 3 nitrogen and oxygen atoms in total. The van der Waals surface area contributed by atoms with Gasteiger partial charge >= 0.3 is 0 Å². The molecule has 4 atom stereocenters. The Labute approximate surface area is 114 Å². The van der Waals surface area contributed by atoms with Gasteiger partial charge in [-0.25, -0.2) is 4.58 Å². The lowest BCUT2D eigenvalue weighted by Gasteiger charge is -2.26. The highest BCUT2D eigenvalue weighted by Crippen LogP contribution is 2.50. The van der Waals surface area contributed by atoms with E-state index in [4.69, 9.17) is 4.42 Å². The van der Waals surface area contributed by atoms with Crippen molar-refractivity contribution in [1.29, 1.82) is 0 Å². The van der Waals surface area contributed by atoms with Crippen molar-refractivity contribution < 1.29 is 13.8 Å². The van der Waals surface area contributed by atoms with Crippen LogP contribution >= 0.6 is 0 Å². The van der Waals surface area contributed by atoms with E-state index in [2.05, 4.69) is 18.5 Å². The third-order valence-corrected chi connectivity index (χ3v) is 5.20. The lowest BCUT2D eigenvalue weighted by atomic mass is 9.81. The van der Waals surface area contributed by atoms with E-state index in [1.54, 1.807) is 13.2 Å². The number of carbonyl (C=O) groups excluding carboxylic acids is 1. The van der Waals surface area contributed by atoms with E-state index in [9.17, 15) is 4.79 Å². The van der Waals surface area contributed by atoms with Gasteiger partial charge in [-0.15, -0.1) is 0 Å². The van der Waals surface area contributed by atoms with E-state index in [1.807, 2.05) is 12.1 Å². The summed E-state index contributed by atoms with van der Waals surface area (Å²) in [7, 11) is 2.11. The highest BCUT2D eigenvalue weighted by Gasteiger charge is 2.54. The first-order chi connectivity index (χ1) is 9.09. The molecule has 0 amide bonds. The molecule has 0 spiro atoms. The molecule has 1 aromatic heterocycles. The van der Waals surface area contributed by atoms with Crippen LogP contribution in [0.25, 0.3) is 0 Å². The number of fused-ring (bicyclic) bond motifs is 2. The quantitative estimate of drug-likeness (QED) is 0.618. The van der Waals surface area contributed by atoms with Crippen LogP contribution in [-0.4, -0.2) is 29.2 Å². The van der Waals surface area contributed by atoms with E-state index in [0.29, 0.717) is 23.7 Å². The molecule has 3 heteroatoms. The topological polar surface area (TPSA) is 33.2 Å². The van der Waals surface area contributed by atoms with Gasteiger partial charge < -0.3 is 4.42 Å². The molecule has 0 saturated heterocycles. The zero-order chi connectivity index (χ0) is 13.6. The summed E-state index contributed by atoms with van der Waals surface area (Å²) in [6.45, 7) is 3.84. The molecule has 1 aromatic rings. The second-order valence-corrected chi connectivity index (χ2v) is 6.13. The fourth-order valence-corrected chi connectivity index (χ4v) is 4.27. The molecule has 0 radical (unpaired) electrons. The molecule has 0 aromatic carbocycles. The van der Waals surface area contributed by atoms with Crippen molar-refractivity contribution in [3.63, 3.8) is 0 Å². The summed E-state index contributed by atoms with van der Waals surface area (Å²) in [5.41, 5.74) is 1.13. The van der Waals surface area contributed by atoms with Gasteiger partial charge in [-0.3, -0.25) is 4.79 Å². The zero-order valence-corrected chi connectivity index (χ0v) is 11.9. The first-order valence-corrected chi connectivity index (χ1v) is 7.20. The number of nitrogens with zero attached hydrogens (tertiary/aromatic N) is 1. The monoisotopic (exact) mass is 260 g/mol. The van der Waals surface area contributed by atoms with E-state index < -0.39 is 0 Å². The third-order valence-electron chi connectivity index (χ3n) is 5.20. The van der Waals surface area contributed by atoms with Crippen LogP contribution in [-0.2, 0) is 4.79 Å². The molecular weight excluding hydrogens is 238 g/mol. The predicted octanol–water partition coefficient (Wildman–Crippen LogP) is 2.73. The van der Waals surface area contributed by atoms with Crippen molar-refractivity contribution in [2.24, 2.45) is 17.8 Å². The van der Waals surface area contributed by atoms with Crippen LogP contribution in [0.4, 0.5) is 0 Å². The standard InChI is InChI=1S/C16H22NO2/c1-10(14-5-4-8-19-14)17(3)16-13-7-6-12(9-13)15(16)11(2)18/h4-5,8,12-13,15-16H,6-7,9H2,1-3H3/q+1. The van der Waals surface area contributed by atoms with Crippen LogP contribution in [0, 0.1) is 17.8 Å². The van der Waals surface area contributed by atoms with Crippen molar-refractivity contribution in [3.8, 4) is 0 Å². The summed E-state index contributed by atoms with van der Waals surface area (Å²) >= 11 is 0. The second-order valence-electron chi connectivity index (χ2n) is 6.13. The molecule has 2 fully saturated rings. The lowest BCUT2D eigenvalue weighted by molar-refractivity contribution is -0.552. The largest absolute Gasteiger partial charge is 0.458 e. The van der Waals surface area contributed by atoms with Crippen LogP contribution in [0.15, 0.2) is 22.8 Å². The Kier molecular flexibility index (Phi) is 3.08. The maximum absolute atomic E-state index is 12.0. The molecule has 3 rings (SSSR count). The summed E-state index contributed by atoms with van der Waals surface area (Å²) in [4.78, 5) is 12.0. The summed E-state index contributed by atoms with van der Waals surface area (Å²) in [6, 6.07) is 4.26. The first kappa shape index (κ1) is 12.6. The maximum Gasteiger partial charge on any atom is 0.215 e. The molecule has 2 saturated carbocycles. The smallest absolute Gasteiger partial charge is 0.215 e. The van der Waals surface area contributed by atoms with E-state index in [1.165, 1.54) is 19.3 Å². The molecule has 0 aliphatic heterocycles. The molecule has 2 aliphatic rings. The van der Waals surface area contributed by atoms with E-state index >= 15 is 0 Å². The molecular formula is C16H22NO2+. The predicted molar refractivity (Wildman–Crippen MR) is 73.5 cm³/mol. The number of Topliss-reactive ketones (excluding diaryl/α,β-unsaturated/α-hetero) is 1. The molecule has 19 heavy (non-hydrogen) atoms. The Balaban J connectivity index is 1.96. The van der Waals surface area contributed by atoms with E-state index in [0.717, 1.165) is 11.5 Å². The highest BCUT2D eigenvalue weighted by molar-refractivity contribution is 5.92. The average molecular weight is 260 g/mol. The summed E-state index contributed by atoms with van der Waals surface area (Å²) in [5, 5.41) is 0. The van der Waals surface area contributed by atoms with E-state index in [-0.39, 0.29) is 5.92 Å². The summed E-state index contributed by atoms with van der Waals surface area (Å²) in [5.74, 6) is 2.77. The van der Waals surface area contributed by atoms with Gasteiger partial charge in [-0.2, -0.15) is 0 Å². The number of ketones is 1. The van der Waals surface area contributed by atoms with Crippen molar-refractivity contribution in [3.05, 3.63) is 24.2 Å². The van der Waals surface area contributed by atoms with Gasteiger partial charge in [0.05, 0.1) is 12.2 Å². The lowest BCUT2D eigenvalue weighted by Crippen LogP contribution is -2.42. The van der Waals surface area contributed by atoms with Gasteiger partial charge in [0.25, 0.3) is 0 Å². The van der Waals surface area contributed by atoms with Crippen molar-refractivity contribution in [2.75, 3.05) is 7.05 Å². The van der Waals surface area contributed by atoms with Gasteiger partial charge in [0.1, 0.15) is 12.8 Å². The molecule has 1 heterocycles. The van der Waals surface area contributed by atoms with Gasteiger partial charge in [-0.1, -0.05) is 0 Å². The maximum atomic E-state index is 12.0. The van der Waals surface area contributed by atoms with Crippen molar-refractivity contribution in [2.45, 2.75) is 39.2 Å². The first-order valence-electron chi connectivity index (χ1n) is 7.20. The molecule has 4 unspecified atom stereocenters. The Bertz CT molecular complexity index is 515. The summed E-state index contributed by atoms with van der Waals surface area (Å²) in [6.07, 6.45) is 5.44. The number of carbonyl (C=O) groups is 1. The average Bonchev–Trinajstić information content (AvgIpc) is 3.10. The Morgan fingerprint density at radius 1 is 1.32 bits per heavy atom. The number of rotatable bonds is 3. The third kappa shape index (κ3) is 1.96. The Morgan fingerprint density at radius 3 is 2.68 bits per heavy atom. The van der Waals surface area contributed by atoms with Crippen LogP contribution in [0.3, 0.4) is 0 Å². The number of hydrogen-bond acceptors (Lipinski definition) is 2. The zero-order valence-electron chi connectivity index (χ0n) is 11.9.